The molecule has 0 saturated carbocycles. The highest BCUT2D eigenvalue weighted by molar-refractivity contribution is 7.47. The van der Waals surface area contributed by atoms with E-state index in [0.29, 0.717) is 24.1 Å². The van der Waals surface area contributed by atoms with Crippen LogP contribution in [0.3, 0.4) is 0 Å². The predicted octanol–water partition coefficient (Wildman–Crippen LogP) is 18.3. The number of hydrogen-bond acceptors (Lipinski definition) is 6. The zero-order chi connectivity index (χ0) is 48.3. The second kappa shape index (κ2) is 50.9. The molecule has 0 aromatic heterocycles. The summed E-state index contributed by atoms with van der Waals surface area (Å²) in [5, 5.41) is 0. The Morgan fingerprint density at radius 1 is 0.409 bits per heavy atom. The van der Waals surface area contributed by atoms with Crippen LogP contribution in [0.4, 0.5) is 0 Å². The van der Waals surface area contributed by atoms with Gasteiger partial charge in [-0.2, -0.15) is 0 Å². The van der Waals surface area contributed by atoms with Gasteiger partial charge in [-0.05, 0) is 12.8 Å². The molecule has 66 heavy (non-hydrogen) atoms. The maximum Gasteiger partial charge on any atom is 0.472 e. The molecule has 8 nitrogen and oxygen atoms in total. The first-order valence-electron chi connectivity index (χ1n) is 29.3. The van der Waals surface area contributed by atoms with Gasteiger partial charge in [-0.1, -0.05) is 284 Å². The van der Waals surface area contributed by atoms with Crippen LogP contribution >= 0.6 is 7.82 Å². The zero-order valence-electron chi connectivity index (χ0n) is 45.2. The lowest BCUT2D eigenvalue weighted by atomic mass is 10.0. The zero-order valence-corrected chi connectivity index (χ0v) is 46.1. The fourth-order valence-corrected chi connectivity index (χ4v) is 9.65. The number of esters is 1. The van der Waals surface area contributed by atoms with Crippen LogP contribution in [0.2, 0.25) is 0 Å². The van der Waals surface area contributed by atoms with E-state index in [2.05, 4.69) is 13.8 Å². The smallest absolute Gasteiger partial charge is 0.457 e. The fourth-order valence-electron chi connectivity index (χ4n) is 8.91. The van der Waals surface area contributed by atoms with Gasteiger partial charge in [0.15, 0.2) is 0 Å². The fraction of sp³-hybridized carbons (Fsp3) is 0.982. The summed E-state index contributed by atoms with van der Waals surface area (Å²) in [5.74, 6) is -0.303. The predicted molar refractivity (Wildman–Crippen MR) is 284 cm³/mol. The number of phosphoric acid groups is 1. The summed E-state index contributed by atoms with van der Waals surface area (Å²) in [7, 11) is 1.69. The van der Waals surface area contributed by atoms with E-state index >= 15 is 0 Å². The van der Waals surface area contributed by atoms with Crippen molar-refractivity contribution in [3.8, 4) is 0 Å². The Balaban J connectivity index is 3.89. The lowest BCUT2D eigenvalue weighted by Gasteiger charge is -2.24. The lowest BCUT2D eigenvalue weighted by molar-refractivity contribution is -0.870. The molecule has 9 heteroatoms. The van der Waals surface area contributed by atoms with Crippen molar-refractivity contribution in [3.05, 3.63) is 0 Å². The van der Waals surface area contributed by atoms with Crippen molar-refractivity contribution < 1.29 is 37.3 Å². The van der Waals surface area contributed by atoms with Crippen molar-refractivity contribution in [1.29, 1.82) is 0 Å². The molecule has 0 fully saturated rings. The van der Waals surface area contributed by atoms with Gasteiger partial charge < -0.3 is 18.9 Å². The van der Waals surface area contributed by atoms with Crippen molar-refractivity contribution in [2.75, 3.05) is 54.1 Å². The lowest BCUT2D eigenvalue weighted by Crippen LogP contribution is -2.37. The Hall–Kier alpha value is -0.500. The van der Waals surface area contributed by atoms with E-state index in [-0.39, 0.29) is 25.8 Å². The average Bonchev–Trinajstić information content (AvgIpc) is 3.28. The minimum absolute atomic E-state index is 0.0943. The molecule has 0 saturated heterocycles. The normalized spacial score (nSPS) is 13.4. The van der Waals surface area contributed by atoms with Gasteiger partial charge in [0.1, 0.15) is 19.3 Å². The number of carbonyl (C=O) groups excluding carboxylic acids is 1. The molecule has 0 radical (unpaired) electrons. The van der Waals surface area contributed by atoms with Crippen LogP contribution in [-0.4, -0.2) is 75.6 Å². The summed E-state index contributed by atoms with van der Waals surface area (Å²) in [6, 6.07) is 0. The summed E-state index contributed by atoms with van der Waals surface area (Å²) < 4.78 is 35.2. The number of likely N-dealkylation sites (N-methyl/N-ethyl adjacent to an activating group) is 1. The summed E-state index contributed by atoms with van der Waals surface area (Å²) in [6.07, 6.45) is 58.9. The van der Waals surface area contributed by atoms with E-state index in [4.69, 9.17) is 18.5 Å². The number of nitrogens with zero attached hydrogens (tertiary/aromatic N) is 1. The topological polar surface area (TPSA) is 91.3 Å². The maximum absolute atomic E-state index is 12.8. The van der Waals surface area contributed by atoms with Gasteiger partial charge in [-0.15, -0.1) is 0 Å². The van der Waals surface area contributed by atoms with E-state index in [1.54, 1.807) is 0 Å². The monoisotopic (exact) mass is 959 g/mol. The molecule has 0 spiro atoms. The van der Waals surface area contributed by atoms with Crippen LogP contribution in [-0.2, 0) is 27.9 Å². The van der Waals surface area contributed by atoms with Gasteiger partial charge in [0, 0.05) is 13.0 Å². The first-order valence-corrected chi connectivity index (χ1v) is 30.8. The Bertz CT molecular complexity index is 1020. The summed E-state index contributed by atoms with van der Waals surface area (Å²) in [6.45, 7) is 5.71. The Morgan fingerprint density at radius 3 is 1.00 bits per heavy atom. The van der Waals surface area contributed by atoms with Crippen LogP contribution in [0, 0.1) is 0 Å². The van der Waals surface area contributed by atoms with Crippen LogP contribution < -0.4 is 0 Å². The molecule has 0 aliphatic carbocycles. The molecule has 0 aromatic carbocycles. The van der Waals surface area contributed by atoms with Crippen molar-refractivity contribution >= 4 is 13.8 Å². The van der Waals surface area contributed by atoms with Gasteiger partial charge in [-0.3, -0.25) is 13.8 Å². The molecule has 1 N–H and O–H groups in total. The molecular formula is C57H117NO7P+. The molecule has 0 rings (SSSR count). The van der Waals surface area contributed by atoms with Crippen LogP contribution in [0.15, 0.2) is 0 Å². The molecule has 0 bridgehead atoms. The van der Waals surface area contributed by atoms with E-state index < -0.39 is 13.9 Å². The van der Waals surface area contributed by atoms with Crippen molar-refractivity contribution in [2.24, 2.45) is 0 Å². The van der Waals surface area contributed by atoms with E-state index in [0.717, 1.165) is 32.1 Å². The van der Waals surface area contributed by atoms with Crippen LogP contribution in [0.25, 0.3) is 0 Å². The quantitative estimate of drug-likeness (QED) is 0.0281. The second-order valence-electron chi connectivity index (χ2n) is 21.4. The summed E-state index contributed by atoms with van der Waals surface area (Å²) in [4.78, 5) is 23.0. The Morgan fingerprint density at radius 2 is 0.697 bits per heavy atom. The number of quaternary nitrogens is 1. The molecular weight excluding hydrogens is 842 g/mol. The maximum atomic E-state index is 12.8. The third-order valence-corrected chi connectivity index (χ3v) is 14.4. The molecule has 0 aliphatic rings. The van der Waals surface area contributed by atoms with E-state index in [9.17, 15) is 14.3 Å². The number of hydrogen-bond donors (Lipinski definition) is 1. The van der Waals surface area contributed by atoms with Crippen molar-refractivity contribution in [1.82, 2.24) is 0 Å². The first kappa shape index (κ1) is 65.5. The number of phosphoric ester groups is 1. The van der Waals surface area contributed by atoms with Gasteiger partial charge >= 0.3 is 13.8 Å². The third kappa shape index (κ3) is 54.4. The van der Waals surface area contributed by atoms with E-state index in [1.807, 2.05) is 21.1 Å². The molecule has 0 aliphatic heterocycles. The highest BCUT2D eigenvalue weighted by atomic mass is 31.2. The van der Waals surface area contributed by atoms with E-state index in [1.165, 1.54) is 250 Å². The second-order valence-corrected chi connectivity index (χ2v) is 22.9. The van der Waals surface area contributed by atoms with Crippen LogP contribution in [0.1, 0.15) is 303 Å². The molecule has 1 unspecified atom stereocenters. The average molecular weight is 960 g/mol. The van der Waals surface area contributed by atoms with Crippen molar-refractivity contribution in [2.45, 2.75) is 309 Å². The standard InChI is InChI=1S/C57H116NO7P/c1-6-8-10-12-14-16-18-20-22-23-24-25-26-27-28-29-30-31-32-33-34-35-36-37-38-40-42-44-46-48-50-57(59)65-56(55-64-66(60,61)63-53-51-58(3,4)5)54-62-52-49-47-45-43-41-39-21-19-17-15-13-11-9-7-2/h56H,6-55H2,1-5H3/p+1/t56-/m1/s1. The van der Waals surface area contributed by atoms with Gasteiger partial charge in [0.2, 0.25) is 0 Å². The van der Waals surface area contributed by atoms with Crippen LogP contribution in [0.5, 0.6) is 0 Å². The minimum atomic E-state index is -4.27. The third-order valence-electron chi connectivity index (χ3n) is 13.4. The van der Waals surface area contributed by atoms with Gasteiger partial charge in [-0.25, -0.2) is 4.57 Å². The Labute approximate surface area is 412 Å². The SMILES string of the molecule is CCCCCCCCCCCCCCCCCCCCCCCCCCCCCCCCC(=O)O[C@H](COCCCCCCCCCCCCCCCC)COP(=O)(O)OCC[N+](C)(C)C. The van der Waals surface area contributed by atoms with Crippen molar-refractivity contribution in [3.63, 3.8) is 0 Å². The molecule has 0 aromatic rings. The highest BCUT2D eigenvalue weighted by Gasteiger charge is 2.26. The number of unbranched alkanes of at least 4 members (excludes halogenated alkanes) is 42. The number of carbonyl (C=O) groups is 1. The summed E-state index contributed by atoms with van der Waals surface area (Å²) >= 11 is 0. The minimum Gasteiger partial charge on any atom is -0.457 e. The molecule has 0 amide bonds. The number of rotatable bonds is 56. The molecule has 396 valence electrons. The van der Waals surface area contributed by atoms with Gasteiger partial charge in [0.05, 0.1) is 34.4 Å². The summed E-state index contributed by atoms with van der Waals surface area (Å²) in [5.41, 5.74) is 0. The number of ether oxygens (including phenoxy) is 2. The molecule has 2 atom stereocenters. The largest absolute Gasteiger partial charge is 0.472 e. The Kier molecular flexibility index (Phi) is 50.5. The first-order chi connectivity index (χ1) is 32.1. The van der Waals surface area contributed by atoms with Gasteiger partial charge in [0.25, 0.3) is 0 Å². The highest BCUT2D eigenvalue weighted by Crippen LogP contribution is 2.43. The molecule has 0 heterocycles.